The van der Waals surface area contributed by atoms with Crippen molar-refractivity contribution < 1.29 is 4.79 Å². The van der Waals surface area contributed by atoms with Crippen LogP contribution in [0, 0.1) is 24.7 Å². The highest BCUT2D eigenvalue weighted by Crippen LogP contribution is 2.49. The first kappa shape index (κ1) is 14.9. The van der Waals surface area contributed by atoms with Gasteiger partial charge in [0, 0.05) is 6.04 Å². The number of hydrogen-bond acceptors (Lipinski definition) is 3. The molecule has 1 N–H and O–H groups in total. The van der Waals surface area contributed by atoms with Crippen LogP contribution in [-0.4, -0.2) is 16.9 Å². The third-order valence-corrected chi connectivity index (χ3v) is 7.57. The van der Waals surface area contributed by atoms with Gasteiger partial charge in [0.15, 0.2) is 0 Å². The molecule has 1 amide bonds. The molecule has 4 atom stereocenters. The largest absolute Gasteiger partial charge is 0.349 e. The van der Waals surface area contributed by atoms with Gasteiger partial charge in [-0.1, -0.05) is 13.0 Å². The van der Waals surface area contributed by atoms with E-state index in [9.17, 15) is 4.79 Å². The van der Waals surface area contributed by atoms with Crippen LogP contribution in [0.3, 0.4) is 0 Å². The van der Waals surface area contributed by atoms with Gasteiger partial charge in [-0.3, -0.25) is 4.79 Å². The zero-order valence-electron chi connectivity index (χ0n) is 14.3. The van der Waals surface area contributed by atoms with Gasteiger partial charge >= 0.3 is 0 Å². The molecule has 0 radical (unpaired) electrons. The first-order valence-electron chi connectivity index (χ1n) is 9.32. The number of rotatable bonds is 3. The highest BCUT2D eigenvalue weighted by atomic mass is 32.1. The quantitative estimate of drug-likeness (QED) is 0.884. The molecule has 1 aromatic heterocycles. The van der Waals surface area contributed by atoms with E-state index in [1.807, 2.05) is 6.92 Å². The summed E-state index contributed by atoms with van der Waals surface area (Å²) in [5.41, 5.74) is 3.16. The van der Waals surface area contributed by atoms with Gasteiger partial charge in [0.2, 0.25) is 0 Å². The number of nitrogens with one attached hydrogen (secondary N) is 1. The van der Waals surface area contributed by atoms with Crippen LogP contribution in [-0.2, 0) is 0 Å². The molecular formula is C20H24N2OS. The molecule has 1 heterocycles. The minimum atomic E-state index is 0.149. The Hall–Kier alpha value is -1.42. The van der Waals surface area contributed by atoms with Crippen LogP contribution in [0.2, 0.25) is 0 Å². The molecule has 2 bridgehead atoms. The number of benzene rings is 1. The highest BCUT2D eigenvalue weighted by molar-refractivity contribution is 7.19. The summed E-state index contributed by atoms with van der Waals surface area (Å²) in [7, 11) is 0. The third kappa shape index (κ3) is 2.22. The minimum absolute atomic E-state index is 0.149. The zero-order chi connectivity index (χ0) is 16.4. The molecule has 3 fully saturated rings. The molecule has 1 aromatic carbocycles. The SMILES string of the molecule is Cc1nc2ccc(C3CC3)c(C(=O)NC3C4CCC(C4)C3C)c2s1. The molecule has 4 heteroatoms. The topological polar surface area (TPSA) is 42.0 Å². The number of carbonyl (C=O) groups is 1. The van der Waals surface area contributed by atoms with Gasteiger partial charge in [0.1, 0.15) is 0 Å². The Labute approximate surface area is 146 Å². The Bertz CT molecular complexity index is 820. The lowest BCUT2D eigenvalue weighted by molar-refractivity contribution is 0.0905. The fourth-order valence-corrected chi connectivity index (χ4v) is 6.11. The van der Waals surface area contributed by atoms with Crippen molar-refractivity contribution in [3.05, 3.63) is 28.3 Å². The number of aryl methyl sites for hydroxylation is 1. The Morgan fingerprint density at radius 1 is 1.21 bits per heavy atom. The van der Waals surface area contributed by atoms with Crippen molar-refractivity contribution >= 4 is 27.5 Å². The lowest BCUT2D eigenvalue weighted by Crippen LogP contribution is -2.43. The highest BCUT2D eigenvalue weighted by Gasteiger charge is 2.46. The van der Waals surface area contributed by atoms with Gasteiger partial charge in [-0.2, -0.15) is 0 Å². The lowest BCUT2D eigenvalue weighted by atomic mass is 9.85. The molecule has 5 rings (SSSR count). The van der Waals surface area contributed by atoms with E-state index in [0.29, 0.717) is 23.8 Å². The summed E-state index contributed by atoms with van der Waals surface area (Å²) in [6.45, 7) is 4.36. The molecule has 3 nitrogen and oxygen atoms in total. The molecule has 0 spiro atoms. The minimum Gasteiger partial charge on any atom is -0.349 e. The van der Waals surface area contributed by atoms with Crippen LogP contribution in [0.4, 0.5) is 0 Å². The smallest absolute Gasteiger partial charge is 0.253 e. The molecule has 3 saturated carbocycles. The van der Waals surface area contributed by atoms with E-state index in [2.05, 4.69) is 29.4 Å². The van der Waals surface area contributed by atoms with E-state index in [0.717, 1.165) is 26.7 Å². The zero-order valence-corrected chi connectivity index (χ0v) is 15.2. The van der Waals surface area contributed by atoms with Gasteiger partial charge < -0.3 is 5.32 Å². The van der Waals surface area contributed by atoms with Crippen molar-refractivity contribution in [1.82, 2.24) is 10.3 Å². The molecule has 4 unspecified atom stereocenters. The Morgan fingerprint density at radius 2 is 2.00 bits per heavy atom. The molecule has 0 aliphatic heterocycles. The first-order chi connectivity index (χ1) is 11.6. The lowest BCUT2D eigenvalue weighted by Gasteiger charge is -2.29. The second-order valence-corrected chi connectivity index (χ2v) is 9.28. The summed E-state index contributed by atoms with van der Waals surface area (Å²) in [5, 5.41) is 4.48. The first-order valence-corrected chi connectivity index (χ1v) is 10.1. The van der Waals surface area contributed by atoms with E-state index < -0.39 is 0 Å². The van der Waals surface area contributed by atoms with Gasteiger partial charge in [-0.25, -0.2) is 4.98 Å². The second kappa shape index (κ2) is 5.29. The Morgan fingerprint density at radius 3 is 2.71 bits per heavy atom. The fourth-order valence-electron chi connectivity index (χ4n) is 5.14. The van der Waals surface area contributed by atoms with Crippen LogP contribution in [0.5, 0.6) is 0 Å². The van der Waals surface area contributed by atoms with Crippen molar-refractivity contribution in [2.45, 2.75) is 57.9 Å². The van der Waals surface area contributed by atoms with Crippen molar-refractivity contribution in [2.24, 2.45) is 17.8 Å². The predicted molar refractivity (Wildman–Crippen MR) is 97.6 cm³/mol. The summed E-state index contributed by atoms with van der Waals surface area (Å²) in [6.07, 6.45) is 6.39. The van der Waals surface area contributed by atoms with Crippen LogP contribution in [0.1, 0.15) is 65.9 Å². The monoisotopic (exact) mass is 340 g/mol. The molecule has 3 aliphatic carbocycles. The van der Waals surface area contributed by atoms with E-state index in [-0.39, 0.29) is 5.91 Å². The number of aromatic nitrogens is 1. The standard InChI is InChI=1S/C20H24N2OS/c1-10-13-5-6-14(9-13)18(10)22-20(23)17-15(12-3-4-12)7-8-16-19(17)24-11(2)21-16/h7-8,10,12-14,18H,3-6,9H2,1-2H3,(H,22,23). The summed E-state index contributed by atoms with van der Waals surface area (Å²) < 4.78 is 1.09. The van der Waals surface area contributed by atoms with Gasteiger partial charge in [0.25, 0.3) is 5.91 Å². The average molecular weight is 340 g/mol. The molecule has 3 aliphatic rings. The summed E-state index contributed by atoms with van der Waals surface area (Å²) in [4.78, 5) is 17.9. The van der Waals surface area contributed by atoms with Gasteiger partial charge in [-0.15, -0.1) is 11.3 Å². The number of nitrogens with zero attached hydrogens (tertiary/aromatic N) is 1. The number of carbonyl (C=O) groups excluding carboxylic acids is 1. The van der Waals surface area contributed by atoms with E-state index in [1.54, 1.807) is 11.3 Å². The maximum atomic E-state index is 13.3. The molecule has 126 valence electrons. The van der Waals surface area contributed by atoms with Crippen molar-refractivity contribution in [3.63, 3.8) is 0 Å². The molecule has 2 aromatic rings. The van der Waals surface area contributed by atoms with Crippen LogP contribution >= 0.6 is 11.3 Å². The van der Waals surface area contributed by atoms with Gasteiger partial charge in [0.05, 0.1) is 20.8 Å². The van der Waals surface area contributed by atoms with Crippen LogP contribution < -0.4 is 5.32 Å². The Kier molecular flexibility index (Phi) is 3.28. The average Bonchev–Trinajstić information content (AvgIpc) is 3.05. The molecule has 24 heavy (non-hydrogen) atoms. The number of thiazole rings is 1. The molecular weight excluding hydrogens is 316 g/mol. The van der Waals surface area contributed by atoms with Crippen molar-refractivity contribution in [2.75, 3.05) is 0 Å². The predicted octanol–water partition coefficient (Wildman–Crippen LogP) is 4.65. The fraction of sp³-hybridized carbons (Fsp3) is 0.600. The van der Waals surface area contributed by atoms with E-state index in [4.69, 9.17) is 0 Å². The van der Waals surface area contributed by atoms with Gasteiger partial charge in [-0.05, 0) is 74.3 Å². The molecule has 0 saturated heterocycles. The number of fused-ring (bicyclic) bond motifs is 3. The normalized spacial score (nSPS) is 31.8. The van der Waals surface area contributed by atoms with Crippen molar-refractivity contribution in [1.29, 1.82) is 0 Å². The van der Waals surface area contributed by atoms with Crippen LogP contribution in [0.25, 0.3) is 10.2 Å². The van der Waals surface area contributed by atoms with Crippen molar-refractivity contribution in [3.8, 4) is 0 Å². The number of amides is 1. The maximum absolute atomic E-state index is 13.3. The number of hydrogen-bond donors (Lipinski definition) is 1. The summed E-state index contributed by atoms with van der Waals surface area (Å²) in [6, 6.07) is 4.62. The summed E-state index contributed by atoms with van der Waals surface area (Å²) in [5.74, 6) is 2.87. The maximum Gasteiger partial charge on any atom is 0.253 e. The Balaban J connectivity index is 1.53. The van der Waals surface area contributed by atoms with E-state index >= 15 is 0 Å². The second-order valence-electron chi connectivity index (χ2n) is 8.08. The van der Waals surface area contributed by atoms with Crippen LogP contribution in [0.15, 0.2) is 12.1 Å². The van der Waals surface area contributed by atoms with E-state index in [1.165, 1.54) is 37.7 Å². The third-order valence-electron chi connectivity index (χ3n) is 6.57. The summed E-state index contributed by atoms with van der Waals surface area (Å²) >= 11 is 1.67.